The Kier molecular flexibility index (Phi) is 8.48. The van der Waals surface area contributed by atoms with Gasteiger partial charge in [-0.3, -0.25) is 0 Å². The van der Waals surface area contributed by atoms with E-state index in [1.165, 1.54) is 44.9 Å². The molecule has 1 heterocycles. The summed E-state index contributed by atoms with van der Waals surface area (Å²) in [6.45, 7) is 15.6. The lowest BCUT2D eigenvalue weighted by Crippen LogP contribution is -2.65. The molecule has 0 amide bonds. The van der Waals surface area contributed by atoms with Crippen LogP contribution in [0.3, 0.4) is 0 Å². The summed E-state index contributed by atoms with van der Waals surface area (Å²) in [6, 6.07) is 0. The van der Waals surface area contributed by atoms with Crippen molar-refractivity contribution in [2.24, 2.45) is 52.3 Å². The van der Waals surface area contributed by atoms with Gasteiger partial charge in [-0.05, 0) is 80.0 Å². The first-order chi connectivity index (χ1) is 16.6. The first kappa shape index (κ1) is 27.6. The van der Waals surface area contributed by atoms with Crippen LogP contribution in [0.25, 0.3) is 0 Å². The van der Waals surface area contributed by atoms with Crippen molar-refractivity contribution >= 4 is 0 Å². The Labute approximate surface area is 215 Å². The van der Waals surface area contributed by atoms with Gasteiger partial charge in [-0.1, -0.05) is 66.0 Å². The molecule has 4 fully saturated rings. The SMILES string of the molecule is CC(C)CCC[C@@H](C)[C@H]1CC[C@H]2[C@@H]3CC4(OCCO4)[C@H]4CC=C[C@H](O)[C@]4(C)[C@H]3CC[C@]12C.CCO. The summed E-state index contributed by atoms with van der Waals surface area (Å²) < 4.78 is 13.0. The fourth-order valence-electron chi connectivity index (χ4n) is 9.77. The molecule has 0 unspecified atom stereocenters. The Morgan fingerprint density at radius 1 is 1.00 bits per heavy atom. The van der Waals surface area contributed by atoms with Crippen molar-refractivity contribution in [2.75, 3.05) is 19.8 Å². The number of ether oxygens (including phenoxy) is 2. The number of aliphatic hydroxyl groups is 2. The molecule has 5 rings (SSSR count). The Bertz CT molecular complexity index is 727. The van der Waals surface area contributed by atoms with Crippen LogP contribution in [0.4, 0.5) is 0 Å². The van der Waals surface area contributed by atoms with Gasteiger partial charge in [-0.25, -0.2) is 0 Å². The number of aliphatic hydroxyl groups excluding tert-OH is 2. The molecular formula is C31H54O4. The Morgan fingerprint density at radius 2 is 1.69 bits per heavy atom. The van der Waals surface area contributed by atoms with Crippen molar-refractivity contribution in [1.29, 1.82) is 0 Å². The summed E-state index contributed by atoms with van der Waals surface area (Å²) in [7, 11) is 0. The minimum atomic E-state index is -0.471. The maximum absolute atomic E-state index is 11.3. The zero-order valence-corrected chi connectivity index (χ0v) is 23.5. The van der Waals surface area contributed by atoms with Crippen LogP contribution < -0.4 is 0 Å². The molecule has 0 aromatic heterocycles. The van der Waals surface area contributed by atoms with Gasteiger partial charge in [0.2, 0.25) is 0 Å². The molecule has 4 nitrogen and oxygen atoms in total. The summed E-state index contributed by atoms with van der Waals surface area (Å²) in [5, 5.41) is 18.9. The maximum atomic E-state index is 11.3. The van der Waals surface area contributed by atoms with Gasteiger partial charge in [0.25, 0.3) is 0 Å². The zero-order chi connectivity index (χ0) is 25.4. The molecule has 35 heavy (non-hydrogen) atoms. The molecule has 5 aliphatic rings. The second-order valence-electron chi connectivity index (χ2n) is 13.5. The van der Waals surface area contributed by atoms with Crippen LogP contribution >= 0.6 is 0 Å². The zero-order valence-electron chi connectivity index (χ0n) is 23.5. The van der Waals surface area contributed by atoms with Gasteiger partial charge in [0.15, 0.2) is 5.79 Å². The summed E-state index contributed by atoms with van der Waals surface area (Å²) in [6.07, 6.45) is 15.4. The molecule has 1 spiro atoms. The van der Waals surface area contributed by atoms with Crippen molar-refractivity contribution in [3.05, 3.63) is 12.2 Å². The Balaban J connectivity index is 0.000000917. The van der Waals surface area contributed by atoms with Crippen LogP contribution in [0.5, 0.6) is 0 Å². The lowest BCUT2D eigenvalue weighted by molar-refractivity contribution is -0.297. The van der Waals surface area contributed by atoms with Crippen LogP contribution in [0.15, 0.2) is 12.2 Å². The van der Waals surface area contributed by atoms with E-state index < -0.39 is 5.79 Å². The van der Waals surface area contributed by atoms with Crippen molar-refractivity contribution in [1.82, 2.24) is 0 Å². The monoisotopic (exact) mass is 490 g/mol. The molecular weight excluding hydrogens is 436 g/mol. The average Bonchev–Trinajstić information content (AvgIpc) is 3.40. The highest BCUT2D eigenvalue weighted by molar-refractivity contribution is 5.19. The third-order valence-electron chi connectivity index (χ3n) is 11.3. The van der Waals surface area contributed by atoms with Crippen LogP contribution in [-0.4, -0.2) is 41.9 Å². The lowest BCUT2D eigenvalue weighted by atomic mass is 9.43. The van der Waals surface area contributed by atoms with E-state index in [2.05, 4.69) is 46.8 Å². The van der Waals surface area contributed by atoms with Gasteiger partial charge in [0.05, 0.1) is 19.3 Å². The third kappa shape index (κ3) is 4.68. The van der Waals surface area contributed by atoms with Crippen molar-refractivity contribution in [3.63, 3.8) is 0 Å². The molecule has 4 aliphatic carbocycles. The molecule has 0 bridgehead atoms. The standard InChI is InChI=1S/C29H48O3.C2H6O/c1-19(2)8-6-9-20(3)22-12-13-23-21-18-29(31-16-17-32-29)25-10-7-11-26(30)28(25,5)24(21)14-15-27(22,23)4;1-2-3/h7,11,19-26,30H,6,8-10,12-18H2,1-5H3;3H,2H2,1H3/t20-,21+,22-,23+,24+,25+,26+,27-,28-;/m1./s1. The molecule has 4 heteroatoms. The topological polar surface area (TPSA) is 58.9 Å². The molecule has 1 saturated heterocycles. The van der Waals surface area contributed by atoms with Gasteiger partial charge in [-0.2, -0.15) is 0 Å². The Morgan fingerprint density at radius 3 is 2.34 bits per heavy atom. The van der Waals surface area contributed by atoms with Gasteiger partial charge in [0.1, 0.15) is 0 Å². The summed E-state index contributed by atoms with van der Waals surface area (Å²) in [4.78, 5) is 0. The number of allylic oxidation sites excluding steroid dienone is 1. The van der Waals surface area contributed by atoms with Crippen molar-refractivity contribution in [3.8, 4) is 0 Å². The van der Waals surface area contributed by atoms with Crippen LogP contribution in [-0.2, 0) is 9.47 Å². The highest BCUT2D eigenvalue weighted by atomic mass is 16.7. The van der Waals surface area contributed by atoms with Crippen molar-refractivity contribution < 1.29 is 19.7 Å². The van der Waals surface area contributed by atoms with E-state index in [1.54, 1.807) is 6.92 Å². The van der Waals surface area contributed by atoms with E-state index in [1.807, 2.05) is 0 Å². The van der Waals surface area contributed by atoms with E-state index in [0.717, 1.165) is 36.5 Å². The van der Waals surface area contributed by atoms with Crippen LogP contribution in [0, 0.1) is 52.3 Å². The molecule has 9 atom stereocenters. The van der Waals surface area contributed by atoms with E-state index >= 15 is 0 Å². The largest absolute Gasteiger partial charge is 0.397 e. The molecule has 2 N–H and O–H groups in total. The quantitative estimate of drug-likeness (QED) is 0.427. The number of rotatable bonds is 5. The first-order valence-electron chi connectivity index (χ1n) is 14.9. The minimum absolute atomic E-state index is 0.135. The number of hydrogen-bond donors (Lipinski definition) is 2. The van der Waals surface area contributed by atoms with Crippen LogP contribution in [0.1, 0.15) is 99.3 Å². The lowest BCUT2D eigenvalue weighted by Gasteiger charge is -2.64. The second-order valence-corrected chi connectivity index (χ2v) is 13.5. The van der Waals surface area contributed by atoms with Crippen LogP contribution in [0.2, 0.25) is 0 Å². The molecule has 0 radical (unpaired) electrons. The molecule has 0 aromatic rings. The first-order valence-corrected chi connectivity index (χ1v) is 14.9. The minimum Gasteiger partial charge on any atom is -0.397 e. The maximum Gasteiger partial charge on any atom is 0.172 e. The second kappa shape index (κ2) is 10.8. The van der Waals surface area contributed by atoms with Gasteiger partial charge < -0.3 is 19.7 Å². The average molecular weight is 491 g/mol. The van der Waals surface area contributed by atoms with E-state index in [9.17, 15) is 5.11 Å². The van der Waals surface area contributed by atoms with Gasteiger partial charge >= 0.3 is 0 Å². The summed E-state index contributed by atoms with van der Waals surface area (Å²) in [5.41, 5.74) is 0.307. The van der Waals surface area contributed by atoms with E-state index in [-0.39, 0.29) is 24.0 Å². The highest BCUT2D eigenvalue weighted by Crippen LogP contribution is 2.70. The Hall–Kier alpha value is -0.420. The highest BCUT2D eigenvalue weighted by Gasteiger charge is 2.68. The predicted octanol–water partition coefficient (Wildman–Crippen LogP) is 6.60. The fourth-order valence-corrected chi connectivity index (χ4v) is 9.77. The number of hydrogen-bond acceptors (Lipinski definition) is 4. The van der Waals surface area contributed by atoms with Crippen molar-refractivity contribution in [2.45, 2.75) is 111 Å². The normalized spacial score (nSPS) is 44.4. The van der Waals surface area contributed by atoms with Gasteiger partial charge in [-0.15, -0.1) is 0 Å². The molecule has 3 saturated carbocycles. The smallest absolute Gasteiger partial charge is 0.172 e. The van der Waals surface area contributed by atoms with Gasteiger partial charge in [0, 0.05) is 24.4 Å². The number of fused-ring (bicyclic) bond motifs is 6. The summed E-state index contributed by atoms with van der Waals surface area (Å²) >= 11 is 0. The van der Waals surface area contributed by atoms with E-state index in [4.69, 9.17) is 14.6 Å². The van der Waals surface area contributed by atoms with E-state index in [0.29, 0.717) is 30.5 Å². The molecule has 0 aromatic carbocycles. The fraction of sp³-hybridized carbons (Fsp3) is 0.935. The predicted molar refractivity (Wildman–Crippen MR) is 142 cm³/mol. The molecule has 202 valence electrons. The molecule has 1 aliphatic heterocycles. The summed E-state index contributed by atoms with van der Waals surface area (Å²) in [5.74, 6) is 4.24. The third-order valence-corrected chi connectivity index (χ3v) is 11.3.